The number of hydrogen-bond acceptors (Lipinski definition) is 4. The lowest BCUT2D eigenvalue weighted by molar-refractivity contribution is -0.139. The van der Waals surface area contributed by atoms with Crippen molar-refractivity contribution in [2.24, 2.45) is 0 Å². The van der Waals surface area contributed by atoms with Crippen molar-refractivity contribution in [1.82, 2.24) is 5.32 Å². The largest absolute Gasteiger partial charge is 0.480 e. The number of carboxylic acid groups (broad SMARTS) is 1. The molecule has 1 unspecified atom stereocenters. The number of halogens is 1. The zero-order valence-corrected chi connectivity index (χ0v) is 18.7. The number of anilines is 1. The van der Waals surface area contributed by atoms with E-state index in [1.54, 1.807) is 0 Å². The van der Waals surface area contributed by atoms with Gasteiger partial charge in [0, 0.05) is 5.92 Å². The van der Waals surface area contributed by atoms with Crippen LogP contribution in [0.3, 0.4) is 0 Å². The highest BCUT2D eigenvalue weighted by Crippen LogP contribution is 2.44. The summed E-state index contributed by atoms with van der Waals surface area (Å²) in [6.45, 7) is 3.53. The third-order valence-corrected chi connectivity index (χ3v) is 5.81. The summed E-state index contributed by atoms with van der Waals surface area (Å²) >= 11 is 0. The van der Waals surface area contributed by atoms with Gasteiger partial charge in [0.05, 0.1) is 11.3 Å². The molecule has 0 heterocycles. The number of aliphatic carboxylic acids is 1. The Bertz CT molecular complexity index is 1260. The van der Waals surface area contributed by atoms with Gasteiger partial charge in [-0.05, 0) is 46.9 Å². The molecule has 2 amide bonds. The summed E-state index contributed by atoms with van der Waals surface area (Å²) in [5.74, 6) is -2.99. The smallest absolute Gasteiger partial charge is 0.411 e. The minimum atomic E-state index is -1.26. The third kappa shape index (κ3) is 5.06. The lowest BCUT2D eigenvalue weighted by Gasteiger charge is -2.17. The normalized spacial score (nSPS) is 12.7. The molecule has 1 aliphatic carbocycles. The summed E-state index contributed by atoms with van der Waals surface area (Å²) in [7, 11) is 0. The van der Waals surface area contributed by atoms with E-state index in [0.29, 0.717) is 0 Å². The molecule has 0 saturated carbocycles. The van der Waals surface area contributed by atoms with Gasteiger partial charge in [-0.2, -0.15) is 0 Å². The van der Waals surface area contributed by atoms with Crippen molar-refractivity contribution < 1.29 is 28.6 Å². The Kier molecular flexibility index (Phi) is 6.91. The van der Waals surface area contributed by atoms with Crippen LogP contribution < -0.4 is 10.6 Å². The van der Waals surface area contributed by atoms with Gasteiger partial charge in [0.15, 0.2) is 0 Å². The van der Waals surface area contributed by atoms with Gasteiger partial charge in [-0.15, -0.1) is 6.58 Å². The maximum atomic E-state index is 13.9. The number of fused-ring (bicyclic) bond motifs is 3. The molecule has 0 spiro atoms. The fourth-order valence-electron chi connectivity index (χ4n) is 4.18. The van der Waals surface area contributed by atoms with Crippen LogP contribution in [0, 0.1) is 5.82 Å². The van der Waals surface area contributed by atoms with Crippen molar-refractivity contribution >= 4 is 23.7 Å². The Balaban J connectivity index is 1.48. The predicted octanol–water partition coefficient (Wildman–Crippen LogP) is 4.95. The van der Waals surface area contributed by atoms with Crippen LogP contribution in [0.5, 0.6) is 0 Å². The Hall–Kier alpha value is -4.46. The molecule has 0 aliphatic heterocycles. The van der Waals surface area contributed by atoms with Crippen LogP contribution in [0.4, 0.5) is 14.9 Å². The molecule has 35 heavy (non-hydrogen) atoms. The zero-order chi connectivity index (χ0) is 24.9. The number of nitrogens with one attached hydrogen (secondary N) is 2. The van der Waals surface area contributed by atoms with E-state index in [0.717, 1.165) is 34.4 Å². The monoisotopic (exact) mass is 474 g/mol. The molecule has 3 aromatic rings. The molecule has 3 aromatic carbocycles. The molecule has 0 bridgehead atoms. The van der Waals surface area contributed by atoms with E-state index >= 15 is 0 Å². The number of hydrogen-bond donors (Lipinski definition) is 3. The molecule has 8 heteroatoms. The first-order valence-corrected chi connectivity index (χ1v) is 10.9. The van der Waals surface area contributed by atoms with Crippen LogP contribution in [0.2, 0.25) is 0 Å². The maximum Gasteiger partial charge on any atom is 0.411 e. The van der Waals surface area contributed by atoms with Crippen LogP contribution in [0.25, 0.3) is 11.1 Å². The third-order valence-electron chi connectivity index (χ3n) is 5.81. The quantitative estimate of drug-likeness (QED) is 0.401. The van der Waals surface area contributed by atoms with E-state index in [-0.39, 0.29) is 30.2 Å². The summed E-state index contributed by atoms with van der Waals surface area (Å²) in [6.07, 6.45) is 0.500. The number of carbonyl (C=O) groups is 3. The van der Waals surface area contributed by atoms with Gasteiger partial charge in [0.25, 0.3) is 5.91 Å². The first-order valence-electron chi connectivity index (χ1n) is 10.9. The van der Waals surface area contributed by atoms with Crippen molar-refractivity contribution in [3.63, 3.8) is 0 Å². The fraction of sp³-hybridized carbons (Fsp3) is 0.148. The standard InChI is InChI=1S/C27H23FN2O5/c1-2-7-24(26(32)33)29-25(31)21-14-16(28)12-13-23(21)30-27(34)35-15-22-19-10-5-3-8-17(19)18-9-4-6-11-20(18)22/h2-6,8-14,22,24H,1,7,15H2,(H,29,31)(H,30,34)(H,32,33). The summed E-state index contributed by atoms with van der Waals surface area (Å²) in [5, 5.41) is 14.0. The fourth-order valence-corrected chi connectivity index (χ4v) is 4.18. The van der Waals surface area contributed by atoms with Crippen LogP contribution in [0.15, 0.2) is 79.4 Å². The Morgan fingerprint density at radius 2 is 1.66 bits per heavy atom. The van der Waals surface area contributed by atoms with Gasteiger partial charge in [0.2, 0.25) is 0 Å². The number of rotatable bonds is 8. The Labute approximate surface area is 201 Å². The Morgan fingerprint density at radius 3 is 2.26 bits per heavy atom. The SMILES string of the molecule is C=CCC(NC(=O)c1cc(F)ccc1NC(=O)OCC1c2ccccc2-c2ccccc21)C(=O)O. The van der Waals surface area contributed by atoms with Gasteiger partial charge in [-0.1, -0.05) is 54.6 Å². The summed E-state index contributed by atoms with van der Waals surface area (Å²) in [4.78, 5) is 36.6. The number of amides is 2. The van der Waals surface area contributed by atoms with Gasteiger partial charge in [0.1, 0.15) is 18.5 Å². The molecular weight excluding hydrogens is 451 g/mol. The number of carbonyl (C=O) groups excluding carboxylic acids is 2. The molecule has 0 radical (unpaired) electrons. The Morgan fingerprint density at radius 1 is 1.03 bits per heavy atom. The van der Waals surface area contributed by atoms with Crippen molar-refractivity contribution in [3.05, 3.63) is 102 Å². The molecular formula is C27H23FN2O5. The average Bonchev–Trinajstić information content (AvgIpc) is 3.17. The average molecular weight is 474 g/mol. The molecule has 1 atom stereocenters. The molecule has 0 aromatic heterocycles. The summed E-state index contributed by atoms with van der Waals surface area (Å²) < 4.78 is 19.4. The second-order valence-electron chi connectivity index (χ2n) is 8.03. The van der Waals surface area contributed by atoms with E-state index in [4.69, 9.17) is 4.74 Å². The van der Waals surface area contributed by atoms with Gasteiger partial charge in [-0.25, -0.2) is 14.0 Å². The topological polar surface area (TPSA) is 105 Å². The maximum absolute atomic E-state index is 13.9. The van der Waals surface area contributed by atoms with Crippen LogP contribution in [-0.2, 0) is 9.53 Å². The van der Waals surface area contributed by atoms with E-state index in [9.17, 15) is 23.9 Å². The minimum absolute atomic E-state index is 0.0103. The van der Waals surface area contributed by atoms with E-state index in [1.165, 1.54) is 12.1 Å². The van der Waals surface area contributed by atoms with Gasteiger partial charge >= 0.3 is 12.1 Å². The molecule has 178 valence electrons. The molecule has 7 nitrogen and oxygen atoms in total. The molecule has 1 aliphatic rings. The second kappa shape index (κ2) is 10.2. The van der Waals surface area contributed by atoms with Crippen LogP contribution >= 0.6 is 0 Å². The highest BCUT2D eigenvalue weighted by molar-refractivity contribution is 6.03. The van der Waals surface area contributed by atoms with Crippen molar-refractivity contribution in [2.75, 3.05) is 11.9 Å². The first-order chi connectivity index (χ1) is 16.9. The highest BCUT2D eigenvalue weighted by Gasteiger charge is 2.29. The van der Waals surface area contributed by atoms with Crippen molar-refractivity contribution in [3.8, 4) is 11.1 Å². The summed E-state index contributed by atoms with van der Waals surface area (Å²) in [6, 6.07) is 17.8. The lowest BCUT2D eigenvalue weighted by atomic mass is 9.98. The predicted molar refractivity (Wildman–Crippen MR) is 129 cm³/mol. The van der Waals surface area contributed by atoms with E-state index < -0.39 is 29.8 Å². The first kappa shape index (κ1) is 23.7. The van der Waals surface area contributed by atoms with Crippen LogP contribution in [-0.4, -0.2) is 35.7 Å². The minimum Gasteiger partial charge on any atom is -0.480 e. The zero-order valence-electron chi connectivity index (χ0n) is 18.7. The summed E-state index contributed by atoms with van der Waals surface area (Å²) in [5.41, 5.74) is 4.03. The van der Waals surface area contributed by atoms with Gasteiger partial charge < -0.3 is 15.2 Å². The van der Waals surface area contributed by atoms with E-state index in [1.807, 2.05) is 48.5 Å². The molecule has 0 fully saturated rings. The highest BCUT2D eigenvalue weighted by atomic mass is 19.1. The molecule has 0 saturated heterocycles. The van der Waals surface area contributed by atoms with Gasteiger partial charge in [-0.3, -0.25) is 10.1 Å². The van der Waals surface area contributed by atoms with Crippen molar-refractivity contribution in [2.45, 2.75) is 18.4 Å². The van der Waals surface area contributed by atoms with Crippen molar-refractivity contribution in [1.29, 1.82) is 0 Å². The number of carboxylic acids is 1. The number of benzene rings is 3. The van der Waals surface area contributed by atoms with Crippen LogP contribution in [0.1, 0.15) is 33.8 Å². The number of ether oxygens (including phenoxy) is 1. The van der Waals surface area contributed by atoms with E-state index in [2.05, 4.69) is 17.2 Å². The molecule has 3 N–H and O–H groups in total. The second-order valence-corrected chi connectivity index (χ2v) is 8.03. The molecule has 4 rings (SSSR count). The lowest BCUT2D eigenvalue weighted by Crippen LogP contribution is -2.40.